The van der Waals surface area contributed by atoms with Crippen molar-refractivity contribution in [3.05, 3.63) is 48.3 Å². The molecular weight excluding hydrogens is 364 g/mol. The zero-order valence-corrected chi connectivity index (χ0v) is 17.7. The highest BCUT2D eigenvalue weighted by molar-refractivity contribution is 6.03. The van der Waals surface area contributed by atoms with E-state index in [1.54, 1.807) is 12.3 Å². The Balaban J connectivity index is 1.49. The maximum Gasteiger partial charge on any atom is 0.274 e. The van der Waals surface area contributed by atoms with Gasteiger partial charge < -0.3 is 25.3 Å². The molecule has 0 aliphatic carbocycles. The Labute approximate surface area is 173 Å². The van der Waals surface area contributed by atoms with Gasteiger partial charge in [-0.2, -0.15) is 0 Å². The lowest BCUT2D eigenvalue weighted by Crippen LogP contribution is -2.44. The monoisotopic (exact) mass is 396 g/mol. The number of carbonyl (C=O) groups excluding carboxylic acids is 1. The molecule has 156 valence electrons. The number of nitrogens with one attached hydrogen (secondary N) is 2. The lowest BCUT2D eigenvalue weighted by molar-refractivity contribution is 0.102. The number of anilines is 3. The van der Waals surface area contributed by atoms with E-state index in [0.29, 0.717) is 5.69 Å². The largest absolute Gasteiger partial charge is 0.384 e. The summed E-state index contributed by atoms with van der Waals surface area (Å²) in [4.78, 5) is 23.6. The smallest absolute Gasteiger partial charge is 0.274 e. The first-order valence-electron chi connectivity index (χ1n) is 10.2. The van der Waals surface area contributed by atoms with E-state index in [-0.39, 0.29) is 5.91 Å². The average Bonchev–Trinajstić information content (AvgIpc) is 2.73. The van der Waals surface area contributed by atoms with E-state index in [1.165, 1.54) is 5.69 Å². The van der Waals surface area contributed by atoms with Gasteiger partial charge in [0.05, 0.1) is 11.9 Å². The van der Waals surface area contributed by atoms with Crippen LogP contribution in [0.5, 0.6) is 0 Å². The van der Waals surface area contributed by atoms with Crippen LogP contribution < -0.4 is 15.5 Å². The Morgan fingerprint density at radius 3 is 2.34 bits per heavy atom. The molecule has 1 aromatic carbocycles. The molecular formula is C22H32N6O. The van der Waals surface area contributed by atoms with Gasteiger partial charge in [-0.15, -0.1) is 0 Å². The predicted octanol–water partition coefficient (Wildman–Crippen LogP) is 2.45. The van der Waals surface area contributed by atoms with Crippen molar-refractivity contribution >= 4 is 23.0 Å². The minimum absolute atomic E-state index is 0.198. The van der Waals surface area contributed by atoms with Crippen molar-refractivity contribution in [2.45, 2.75) is 6.42 Å². The zero-order chi connectivity index (χ0) is 20.6. The van der Waals surface area contributed by atoms with Crippen LogP contribution in [-0.4, -0.2) is 81.1 Å². The Morgan fingerprint density at radius 2 is 1.72 bits per heavy atom. The molecule has 29 heavy (non-hydrogen) atoms. The van der Waals surface area contributed by atoms with Crippen molar-refractivity contribution < 1.29 is 4.79 Å². The number of piperazine rings is 1. The summed E-state index contributed by atoms with van der Waals surface area (Å²) in [7, 11) is 6.28. The van der Waals surface area contributed by atoms with Crippen molar-refractivity contribution in [3.63, 3.8) is 0 Å². The second-order valence-corrected chi connectivity index (χ2v) is 7.81. The van der Waals surface area contributed by atoms with Gasteiger partial charge in [-0.1, -0.05) is 0 Å². The number of pyridine rings is 1. The number of amides is 1. The maximum atomic E-state index is 12.5. The number of rotatable bonds is 8. The SMILES string of the molecule is CN(C)CCCNc1ccc(C(=O)Nc2ccc(N3CCN(C)CC3)cc2)nc1. The number of benzene rings is 1. The molecule has 1 aliphatic rings. The fourth-order valence-corrected chi connectivity index (χ4v) is 3.28. The Hall–Kier alpha value is -2.64. The topological polar surface area (TPSA) is 63.7 Å². The van der Waals surface area contributed by atoms with Gasteiger partial charge in [0.2, 0.25) is 0 Å². The molecule has 2 heterocycles. The standard InChI is InChI=1S/C22H32N6O/c1-26(2)12-4-11-23-19-7-10-21(24-17-19)22(29)25-18-5-8-20(9-6-18)28-15-13-27(3)14-16-28/h5-10,17,23H,4,11-16H2,1-3H3,(H,25,29). The first kappa shape index (κ1) is 21.1. The summed E-state index contributed by atoms with van der Waals surface area (Å²) in [6.07, 6.45) is 2.76. The Bertz CT molecular complexity index is 767. The van der Waals surface area contributed by atoms with Gasteiger partial charge in [0.25, 0.3) is 5.91 Å². The molecule has 0 unspecified atom stereocenters. The van der Waals surface area contributed by atoms with Gasteiger partial charge in [-0.3, -0.25) is 4.79 Å². The third-order valence-corrected chi connectivity index (χ3v) is 5.10. The van der Waals surface area contributed by atoms with Crippen LogP contribution in [-0.2, 0) is 0 Å². The number of carbonyl (C=O) groups is 1. The zero-order valence-electron chi connectivity index (χ0n) is 17.7. The van der Waals surface area contributed by atoms with Crippen molar-refractivity contribution in [2.24, 2.45) is 0 Å². The normalized spacial score (nSPS) is 14.8. The fourth-order valence-electron chi connectivity index (χ4n) is 3.28. The average molecular weight is 397 g/mol. The van der Waals surface area contributed by atoms with Gasteiger partial charge in [0.15, 0.2) is 0 Å². The minimum Gasteiger partial charge on any atom is -0.384 e. The van der Waals surface area contributed by atoms with E-state index in [1.807, 2.05) is 18.2 Å². The van der Waals surface area contributed by atoms with Gasteiger partial charge in [0.1, 0.15) is 5.69 Å². The van der Waals surface area contributed by atoms with Crippen LogP contribution in [0.15, 0.2) is 42.6 Å². The second kappa shape index (κ2) is 10.2. The molecule has 0 saturated carbocycles. The molecule has 3 rings (SSSR count). The van der Waals surface area contributed by atoms with E-state index in [2.05, 4.69) is 63.6 Å². The van der Waals surface area contributed by atoms with Crippen LogP contribution >= 0.6 is 0 Å². The number of hydrogen-bond acceptors (Lipinski definition) is 6. The van der Waals surface area contributed by atoms with Crippen LogP contribution in [0.3, 0.4) is 0 Å². The lowest BCUT2D eigenvalue weighted by atomic mass is 10.2. The highest BCUT2D eigenvalue weighted by Crippen LogP contribution is 2.19. The first-order chi connectivity index (χ1) is 14.0. The molecule has 1 saturated heterocycles. The molecule has 0 bridgehead atoms. The molecule has 2 aromatic rings. The number of likely N-dealkylation sites (N-methyl/N-ethyl adjacent to an activating group) is 1. The van der Waals surface area contributed by atoms with Crippen LogP contribution in [0.25, 0.3) is 0 Å². The maximum absolute atomic E-state index is 12.5. The predicted molar refractivity (Wildman–Crippen MR) is 120 cm³/mol. The van der Waals surface area contributed by atoms with Crippen molar-refractivity contribution in [1.29, 1.82) is 0 Å². The van der Waals surface area contributed by atoms with E-state index in [4.69, 9.17) is 0 Å². The first-order valence-corrected chi connectivity index (χ1v) is 10.2. The molecule has 7 nitrogen and oxygen atoms in total. The van der Waals surface area contributed by atoms with Crippen LogP contribution in [0, 0.1) is 0 Å². The van der Waals surface area contributed by atoms with Crippen LogP contribution in [0.2, 0.25) is 0 Å². The van der Waals surface area contributed by atoms with Crippen LogP contribution in [0.4, 0.5) is 17.1 Å². The summed E-state index contributed by atoms with van der Waals surface area (Å²) in [5.74, 6) is -0.198. The van der Waals surface area contributed by atoms with Gasteiger partial charge >= 0.3 is 0 Å². The number of nitrogens with zero attached hydrogens (tertiary/aromatic N) is 4. The van der Waals surface area contributed by atoms with Gasteiger partial charge in [0, 0.05) is 44.1 Å². The minimum atomic E-state index is -0.198. The number of aromatic nitrogens is 1. The molecule has 1 amide bonds. The molecule has 0 radical (unpaired) electrons. The highest BCUT2D eigenvalue weighted by atomic mass is 16.1. The van der Waals surface area contributed by atoms with E-state index in [0.717, 1.165) is 57.1 Å². The molecule has 1 fully saturated rings. The van der Waals surface area contributed by atoms with Crippen molar-refractivity contribution in [3.8, 4) is 0 Å². The van der Waals surface area contributed by atoms with Crippen LogP contribution in [0.1, 0.15) is 16.9 Å². The third-order valence-electron chi connectivity index (χ3n) is 5.10. The second-order valence-electron chi connectivity index (χ2n) is 7.81. The third kappa shape index (κ3) is 6.44. The summed E-state index contributed by atoms with van der Waals surface area (Å²) in [5.41, 5.74) is 3.31. The molecule has 0 spiro atoms. The van der Waals surface area contributed by atoms with E-state index >= 15 is 0 Å². The summed E-state index contributed by atoms with van der Waals surface area (Å²) in [6, 6.07) is 11.7. The molecule has 2 N–H and O–H groups in total. The van der Waals surface area contributed by atoms with E-state index < -0.39 is 0 Å². The summed E-state index contributed by atoms with van der Waals surface area (Å²) < 4.78 is 0. The van der Waals surface area contributed by atoms with Crippen molar-refractivity contribution in [1.82, 2.24) is 14.8 Å². The lowest BCUT2D eigenvalue weighted by Gasteiger charge is -2.34. The van der Waals surface area contributed by atoms with Gasteiger partial charge in [-0.25, -0.2) is 4.98 Å². The van der Waals surface area contributed by atoms with Crippen molar-refractivity contribution in [2.75, 3.05) is 75.9 Å². The molecule has 1 aliphatic heterocycles. The molecule has 0 atom stereocenters. The van der Waals surface area contributed by atoms with E-state index in [9.17, 15) is 4.79 Å². The highest BCUT2D eigenvalue weighted by Gasteiger charge is 2.14. The Morgan fingerprint density at radius 1 is 1.03 bits per heavy atom. The number of hydrogen-bond donors (Lipinski definition) is 2. The quantitative estimate of drug-likeness (QED) is 0.669. The summed E-state index contributed by atoms with van der Waals surface area (Å²) in [5, 5.41) is 6.25. The Kier molecular flexibility index (Phi) is 7.43. The fraction of sp³-hybridized carbons (Fsp3) is 0.455. The summed E-state index contributed by atoms with van der Waals surface area (Å²) >= 11 is 0. The molecule has 7 heteroatoms. The summed E-state index contributed by atoms with van der Waals surface area (Å²) in [6.45, 7) is 6.12. The van der Waals surface area contributed by atoms with Gasteiger partial charge in [-0.05, 0) is 70.5 Å². The molecule has 1 aromatic heterocycles.